The Bertz CT molecular complexity index is 85.1. The highest BCUT2D eigenvalue weighted by atomic mass is 35.5. The van der Waals surface area contributed by atoms with E-state index in [1.54, 1.807) is 0 Å². The van der Waals surface area contributed by atoms with Gasteiger partial charge < -0.3 is 10.2 Å². The van der Waals surface area contributed by atoms with E-state index in [9.17, 15) is 0 Å². The van der Waals surface area contributed by atoms with Crippen LogP contribution in [-0.2, 0) is 0 Å². The molecule has 2 nitrogen and oxygen atoms in total. The van der Waals surface area contributed by atoms with Crippen LogP contribution in [0.5, 0.6) is 0 Å². The summed E-state index contributed by atoms with van der Waals surface area (Å²) in [7, 11) is 2.02. The van der Waals surface area contributed by atoms with E-state index in [1.165, 1.54) is 38.9 Å². The summed E-state index contributed by atoms with van der Waals surface area (Å²) < 4.78 is 0. The summed E-state index contributed by atoms with van der Waals surface area (Å²) in [6.45, 7) is 5.01. The molecule has 0 atom stereocenters. The number of halogens is 2. The van der Waals surface area contributed by atoms with Gasteiger partial charge in [-0.15, -0.1) is 24.8 Å². The highest BCUT2D eigenvalue weighted by Gasteiger charge is 2.07. The molecule has 0 spiro atoms. The molecule has 4 heteroatoms. The molecule has 0 unspecified atom stereocenters. The Morgan fingerprint density at radius 3 is 2.17 bits per heavy atom. The lowest BCUT2D eigenvalue weighted by Crippen LogP contribution is -2.34. The second-order valence-corrected chi connectivity index (χ2v) is 3.01. The smallest absolute Gasteiger partial charge is 0.0107 e. The highest BCUT2D eigenvalue weighted by Crippen LogP contribution is 2.06. The van der Waals surface area contributed by atoms with Crippen molar-refractivity contribution < 1.29 is 0 Å². The minimum atomic E-state index is 0. The van der Waals surface area contributed by atoms with Crippen molar-refractivity contribution >= 4 is 24.8 Å². The Balaban J connectivity index is 0. The number of hydrogen-bond acceptors (Lipinski definition) is 2. The van der Waals surface area contributed by atoms with E-state index in [1.807, 2.05) is 7.05 Å². The number of likely N-dealkylation sites (tertiary alicyclic amines) is 1. The first-order valence-electron chi connectivity index (χ1n) is 4.30. The van der Waals surface area contributed by atoms with Gasteiger partial charge in [0.1, 0.15) is 0 Å². The maximum atomic E-state index is 3.17. The second-order valence-electron chi connectivity index (χ2n) is 3.01. The zero-order valence-corrected chi connectivity index (χ0v) is 9.35. The quantitative estimate of drug-likeness (QED) is 0.768. The van der Waals surface area contributed by atoms with Crippen LogP contribution in [0.25, 0.3) is 0 Å². The second kappa shape index (κ2) is 9.59. The molecule has 0 aliphatic carbocycles. The lowest BCUT2D eigenvalue weighted by atomic mass is 10.1. The maximum absolute atomic E-state index is 3.17. The van der Waals surface area contributed by atoms with Gasteiger partial charge in [0.2, 0.25) is 0 Å². The van der Waals surface area contributed by atoms with E-state index in [4.69, 9.17) is 0 Å². The van der Waals surface area contributed by atoms with Gasteiger partial charge in [0.05, 0.1) is 0 Å². The zero-order valence-electron chi connectivity index (χ0n) is 7.71. The van der Waals surface area contributed by atoms with Crippen LogP contribution < -0.4 is 5.32 Å². The van der Waals surface area contributed by atoms with E-state index in [2.05, 4.69) is 10.2 Å². The summed E-state index contributed by atoms with van der Waals surface area (Å²) in [5.74, 6) is 0. The van der Waals surface area contributed by atoms with Crippen molar-refractivity contribution in [3.63, 3.8) is 0 Å². The Kier molecular flexibility index (Phi) is 12.0. The minimum absolute atomic E-state index is 0. The molecule has 0 aromatic rings. The van der Waals surface area contributed by atoms with Gasteiger partial charge in [-0.25, -0.2) is 0 Å². The molecule has 0 saturated carbocycles. The van der Waals surface area contributed by atoms with Gasteiger partial charge in [0.25, 0.3) is 0 Å². The molecule has 0 radical (unpaired) electrons. The molecule has 0 aromatic carbocycles. The molecular formula is C8H20Cl2N2. The SMILES string of the molecule is CNCCN1CCCCC1.Cl.Cl. The molecule has 0 amide bonds. The van der Waals surface area contributed by atoms with Crippen molar-refractivity contribution in [3.8, 4) is 0 Å². The van der Waals surface area contributed by atoms with Gasteiger partial charge in [0.15, 0.2) is 0 Å². The monoisotopic (exact) mass is 214 g/mol. The summed E-state index contributed by atoms with van der Waals surface area (Å²) >= 11 is 0. The molecule has 0 bridgehead atoms. The molecule has 1 N–H and O–H groups in total. The molecule has 1 aliphatic heterocycles. The summed E-state index contributed by atoms with van der Waals surface area (Å²) in [5, 5.41) is 3.17. The molecule has 1 saturated heterocycles. The molecule has 1 heterocycles. The average molecular weight is 215 g/mol. The third-order valence-electron chi connectivity index (χ3n) is 2.13. The van der Waals surface area contributed by atoms with Crippen LogP contribution in [0.1, 0.15) is 19.3 Å². The van der Waals surface area contributed by atoms with E-state index in [0.717, 1.165) is 6.54 Å². The summed E-state index contributed by atoms with van der Waals surface area (Å²) in [6.07, 6.45) is 4.25. The van der Waals surface area contributed by atoms with Crippen LogP contribution in [0.2, 0.25) is 0 Å². The molecular weight excluding hydrogens is 195 g/mol. The molecule has 12 heavy (non-hydrogen) atoms. The van der Waals surface area contributed by atoms with Crippen molar-refractivity contribution in [2.24, 2.45) is 0 Å². The fraction of sp³-hybridized carbons (Fsp3) is 1.00. The standard InChI is InChI=1S/C8H18N2.2ClH/c1-9-5-8-10-6-3-2-4-7-10;;/h9H,2-8H2,1H3;2*1H. The van der Waals surface area contributed by atoms with Crippen molar-refractivity contribution in [2.75, 3.05) is 33.2 Å². The van der Waals surface area contributed by atoms with Crippen LogP contribution in [0.4, 0.5) is 0 Å². The number of piperidine rings is 1. The van der Waals surface area contributed by atoms with Crippen LogP contribution in [-0.4, -0.2) is 38.1 Å². The van der Waals surface area contributed by atoms with Crippen LogP contribution >= 0.6 is 24.8 Å². The average Bonchev–Trinajstić information content (AvgIpc) is 2.03. The van der Waals surface area contributed by atoms with Gasteiger partial charge in [-0.2, -0.15) is 0 Å². The van der Waals surface area contributed by atoms with Crippen molar-refractivity contribution in [2.45, 2.75) is 19.3 Å². The predicted octanol–water partition coefficient (Wildman–Crippen LogP) is 1.54. The zero-order chi connectivity index (χ0) is 7.23. The number of nitrogens with zero attached hydrogens (tertiary/aromatic N) is 1. The Hall–Kier alpha value is 0.500. The van der Waals surface area contributed by atoms with Crippen LogP contribution in [0.15, 0.2) is 0 Å². The maximum Gasteiger partial charge on any atom is 0.0107 e. The third kappa shape index (κ3) is 6.06. The molecule has 1 fully saturated rings. The lowest BCUT2D eigenvalue weighted by Gasteiger charge is -2.25. The van der Waals surface area contributed by atoms with E-state index < -0.39 is 0 Å². The largest absolute Gasteiger partial charge is 0.318 e. The van der Waals surface area contributed by atoms with Crippen molar-refractivity contribution in [1.29, 1.82) is 0 Å². The number of nitrogens with one attached hydrogen (secondary N) is 1. The topological polar surface area (TPSA) is 15.3 Å². The first-order chi connectivity index (χ1) is 4.93. The van der Waals surface area contributed by atoms with E-state index in [0.29, 0.717) is 0 Å². The number of rotatable bonds is 3. The Morgan fingerprint density at radius 1 is 1.08 bits per heavy atom. The van der Waals surface area contributed by atoms with Gasteiger partial charge in [0, 0.05) is 13.1 Å². The molecule has 1 aliphatic rings. The van der Waals surface area contributed by atoms with Gasteiger partial charge in [-0.1, -0.05) is 6.42 Å². The van der Waals surface area contributed by atoms with Gasteiger partial charge in [-0.05, 0) is 33.0 Å². The lowest BCUT2D eigenvalue weighted by molar-refractivity contribution is 0.231. The fourth-order valence-electron chi connectivity index (χ4n) is 1.45. The third-order valence-corrected chi connectivity index (χ3v) is 2.13. The number of hydrogen-bond donors (Lipinski definition) is 1. The van der Waals surface area contributed by atoms with Gasteiger partial charge >= 0.3 is 0 Å². The molecule has 1 rings (SSSR count). The number of likely N-dealkylation sites (N-methyl/N-ethyl adjacent to an activating group) is 1. The minimum Gasteiger partial charge on any atom is -0.318 e. The normalized spacial score (nSPS) is 17.8. The Labute approximate surface area is 87.9 Å². The highest BCUT2D eigenvalue weighted by molar-refractivity contribution is 5.85. The van der Waals surface area contributed by atoms with Gasteiger partial charge in [-0.3, -0.25) is 0 Å². The first kappa shape index (κ1) is 15.0. The van der Waals surface area contributed by atoms with E-state index >= 15 is 0 Å². The van der Waals surface area contributed by atoms with Crippen molar-refractivity contribution in [1.82, 2.24) is 10.2 Å². The van der Waals surface area contributed by atoms with E-state index in [-0.39, 0.29) is 24.8 Å². The first-order valence-corrected chi connectivity index (χ1v) is 4.30. The molecule has 76 valence electrons. The van der Waals surface area contributed by atoms with Crippen molar-refractivity contribution in [3.05, 3.63) is 0 Å². The summed E-state index contributed by atoms with van der Waals surface area (Å²) in [4.78, 5) is 2.54. The van der Waals surface area contributed by atoms with Crippen LogP contribution in [0.3, 0.4) is 0 Å². The van der Waals surface area contributed by atoms with Crippen LogP contribution in [0, 0.1) is 0 Å². The molecule has 0 aromatic heterocycles. The predicted molar refractivity (Wildman–Crippen MR) is 58.7 cm³/mol. The Morgan fingerprint density at radius 2 is 1.67 bits per heavy atom. The summed E-state index contributed by atoms with van der Waals surface area (Å²) in [5.41, 5.74) is 0. The fourth-order valence-corrected chi connectivity index (χ4v) is 1.45. The summed E-state index contributed by atoms with van der Waals surface area (Å²) in [6, 6.07) is 0.